The van der Waals surface area contributed by atoms with Gasteiger partial charge in [-0.05, 0) is 19.1 Å². The molecule has 0 atom stereocenters. The highest BCUT2D eigenvalue weighted by atomic mass is 79.9. The van der Waals surface area contributed by atoms with E-state index in [-0.39, 0.29) is 0 Å². The average molecular weight is 335 g/mol. The SMILES string of the molecule is Cc1[nH]c(CN2CCNCC2)nc1-c1ccc(Br)cc1. The molecule has 0 aliphatic carbocycles. The molecule has 1 fully saturated rings. The van der Waals surface area contributed by atoms with Gasteiger partial charge >= 0.3 is 0 Å². The van der Waals surface area contributed by atoms with Gasteiger partial charge < -0.3 is 10.3 Å². The summed E-state index contributed by atoms with van der Waals surface area (Å²) >= 11 is 3.47. The summed E-state index contributed by atoms with van der Waals surface area (Å²) in [4.78, 5) is 10.6. The van der Waals surface area contributed by atoms with Crippen molar-refractivity contribution in [3.8, 4) is 11.3 Å². The summed E-state index contributed by atoms with van der Waals surface area (Å²) in [6.07, 6.45) is 0. The van der Waals surface area contributed by atoms with Crippen molar-refractivity contribution in [1.29, 1.82) is 0 Å². The lowest BCUT2D eigenvalue weighted by Gasteiger charge is -2.26. The van der Waals surface area contributed by atoms with Crippen LogP contribution in [0.3, 0.4) is 0 Å². The Labute approximate surface area is 127 Å². The number of benzene rings is 1. The summed E-state index contributed by atoms with van der Waals surface area (Å²) in [5.41, 5.74) is 3.36. The van der Waals surface area contributed by atoms with Gasteiger partial charge in [-0.1, -0.05) is 28.1 Å². The van der Waals surface area contributed by atoms with Crippen molar-refractivity contribution >= 4 is 15.9 Å². The molecule has 5 heteroatoms. The number of aromatic nitrogens is 2. The molecule has 2 heterocycles. The maximum Gasteiger partial charge on any atom is 0.121 e. The van der Waals surface area contributed by atoms with Crippen LogP contribution in [-0.4, -0.2) is 41.0 Å². The number of hydrogen-bond acceptors (Lipinski definition) is 3. The van der Waals surface area contributed by atoms with Crippen LogP contribution in [0, 0.1) is 6.92 Å². The highest BCUT2D eigenvalue weighted by Gasteiger charge is 2.14. The third-order valence-electron chi connectivity index (χ3n) is 3.63. The first-order chi connectivity index (χ1) is 9.72. The van der Waals surface area contributed by atoms with Crippen LogP contribution in [0.5, 0.6) is 0 Å². The Hall–Kier alpha value is -1.17. The second-order valence-electron chi connectivity index (χ2n) is 5.19. The van der Waals surface area contributed by atoms with Crippen LogP contribution < -0.4 is 5.32 Å². The van der Waals surface area contributed by atoms with Crippen LogP contribution in [0.1, 0.15) is 11.5 Å². The molecule has 2 aromatic rings. The van der Waals surface area contributed by atoms with Crippen LogP contribution >= 0.6 is 15.9 Å². The first-order valence-electron chi connectivity index (χ1n) is 6.97. The molecule has 0 spiro atoms. The molecule has 1 aromatic carbocycles. The lowest BCUT2D eigenvalue weighted by molar-refractivity contribution is 0.228. The highest BCUT2D eigenvalue weighted by Crippen LogP contribution is 2.23. The van der Waals surface area contributed by atoms with E-state index in [2.05, 4.69) is 62.3 Å². The lowest BCUT2D eigenvalue weighted by atomic mass is 10.1. The molecule has 1 aliphatic rings. The Bertz CT molecular complexity index is 570. The van der Waals surface area contributed by atoms with E-state index in [0.717, 1.165) is 60.0 Å². The van der Waals surface area contributed by atoms with Gasteiger partial charge in [0.2, 0.25) is 0 Å². The van der Waals surface area contributed by atoms with E-state index in [1.54, 1.807) is 0 Å². The fourth-order valence-corrected chi connectivity index (χ4v) is 2.83. The predicted molar refractivity (Wildman–Crippen MR) is 84.6 cm³/mol. The standard InChI is InChI=1S/C15H19BrN4/c1-11-15(12-2-4-13(16)5-3-12)19-14(18-11)10-20-8-6-17-7-9-20/h2-5,17H,6-10H2,1H3,(H,18,19). The number of halogens is 1. The van der Waals surface area contributed by atoms with Crippen molar-refractivity contribution in [3.05, 3.63) is 40.3 Å². The average Bonchev–Trinajstić information content (AvgIpc) is 2.81. The molecule has 4 nitrogen and oxygen atoms in total. The number of piperazine rings is 1. The lowest BCUT2D eigenvalue weighted by Crippen LogP contribution is -2.43. The normalized spacial score (nSPS) is 16.5. The monoisotopic (exact) mass is 334 g/mol. The van der Waals surface area contributed by atoms with E-state index in [0.29, 0.717) is 0 Å². The van der Waals surface area contributed by atoms with E-state index in [4.69, 9.17) is 4.98 Å². The Morgan fingerprint density at radius 2 is 1.90 bits per heavy atom. The number of nitrogens with zero attached hydrogens (tertiary/aromatic N) is 2. The van der Waals surface area contributed by atoms with E-state index in [1.807, 2.05) is 0 Å². The van der Waals surface area contributed by atoms with E-state index >= 15 is 0 Å². The smallest absolute Gasteiger partial charge is 0.121 e. The topological polar surface area (TPSA) is 44.0 Å². The minimum absolute atomic E-state index is 0.902. The number of rotatable bonds is 3. The van der Waals surface area contributed by atoms with Gasteiger partial charge in [-0.15, -0.1) is 0 Å². The van der Waals surface area contributed by atoms with Gasteiger partial charge in [0.25, 0.3) is 0 Å². The Morgan fingerprint density at radius 1 is 1.20 bits per heavy atom. The number of imidazole rings is 1. The second kappa shape index (κ2) is 6.08. The number of aromatic amines is 1. The Morgan fingerprint density at radius 3 is 2.60 bits per heavy atom. The minimum Gasteiger partial charge on any atom is -0.344 e. The molecule has 106 valence electrons. The van der Waals surface area contributed by atoms with Gasteiger partial charge in [0.15, 0.2) is 0 Å². The van der Waals surface area contributed by atoms with Crippen LogP contribution in [0.25, 0.3) is 11.3 Å². The maximum absolute atomic E-state index is 4.77. The van der Waals surface area contributed by atoms with Crippen LogP contribution in [0.4, 0.5) is 0 Å². The third kappa shape index (κ3) is 3.11. The molecule has 0 unspecified atom stereocenters. The first kappa shape index (κ1) is 13.8. The molecule has 1 aromatic heterocycles. The van der Waals surface area contributed by atoms with Gasteiger partial charge in [0.1, 0.15) is 5.82 Å². The fourth-order valence-electron chi connectivity index (χ4n) is 2.57. The minimum atomic E-state index is 0.902. The van der Waals surface area contributed by atoms with Gasteiger partial charge in [-0.25, -0.2) is 4.98 Å². The number of hydrogen-bond donors (Lipinski definition) is 2. The van der Waals surface area contributed by atoms with E-state index in [1.165, 1.54) is 0 Å². The summed E-state index contributed by atoms with van der Waals surface area (Å²) in [7, 11) is 0. The van der Waals surface area contributed by atoms with Crippen molar-refractivity contribution in [2.45, 2.75) is 13.5 Å². The summed E-state index contributed by atoms with van der Waals surface area (Å²) in [6.45, 7) is 7.31. The zero-order valence-electron chi connectivity index (χ0n) is 11.6. The molecule has 0 saturated carbocycles. The highest BCUT2D eigenvalue weighted by molar-refractivity contribution is 9.10. The molecular weight excluding hydrogens is 316 g/mol. The quantitative estimate of drug-likeness (QED) is 0.906. The van der Waals surface area contributed by atoms with Crippen molar-refractivity contribution in [2.24, 2.45) is 0 Å². The van der Waals surface area contributed by atoms with Crippen molar-refractivity contribution in [2.75, 3.05) is 26.2 Å². The number of nitrogens with one attached hydrogen (secondary N) is 2. The Balaban J connectivity index is 1.78. The number of H-pyrrole nitrogens is 1. The number of aryl methyl sites for hydroxylation is 1. The largest absolute Gasteiger partial charge is 0.344 e. The summed E-state index contributed by atoms with van der Waals surface area (Å²) < 4.78 is 1.09. The first-order valence-corrected chi connectivity index (χ1v) is 7.76. The van der Waals surface area contributed by atoms with Crippen molar-refractivity contribution < 1.29 is 0 Å². The van der Waals surface area contributed by atoms with E-state index < -0.39 is 0 Å². The van der Waals surface area contributed by atoms with Gasteiger partial charge in [0, 0.05) is 41.9 Å². The maximum atomic E-state index is 4.77. The second-order valence-corrected chi connectivity index (χ2v) is 6.11. The summed E-state index contributed by atoms with van der Waals surface area (Å²) in [5.74, 6) is 1.06. The predicted octanol–water partition coefficient (Wildman–Crippen LogP) is 2.55. The van der Waals surface area contributed by atoms with Crippen LogP contribution in [-0.2, 0) is 6.54 Å². The summed E-state index contributed by atoms with van der Waals surface area (Å²) in [5, 5.41) is 3.37. The Kier molecular flexibility index (Phi) is 4.19. The van der Waals surface area contributed by atoms with Crippen molar-refractivity contribution in [3.63, 3.8) is 0 Å². The molecule has 0 radical (unpaired) electrons. The molecule has 0 amide bonds. The molecular formula is C15H19BrN4. The molecule has 20 heavy (non-hydrogen) atoms. The van der Waals surface area contributed by atoms with Crippen molar-refractivity contribution in [1.82, 2.24) is 20.2 Å². The molecule has 1 aliphatic heterocycles. The summed E-state index contributed by atoms with van der Waals surface area (Å²) in [6, 6.07) is 8.31. The van der Waals surface area contributed by atoms with Gasteiger partial charge in [-0.3, -0.25) is 4.90 Å². The zero-order chi connectivity index (χ0) is 13.9. The fraction of sp³-hybridized carbons (Fsp3) is 0.400. The molecule has 3 rings (SSSR count). The van der Waals surface area contributed by atoms with Gasteiger partial charge in [0.05, 0.1) is 12.2 Å². The van der Waals surface area contributed by atoms with Crippen LogP contribution in [0.15, 0.2) is 28.7 Å². The molecule has 1 saturated heterocycles. The van der Waals surface area contributed by atoms with Gasteiger partial charge in [-0.2, -0.15) is 0 Å². The van der Waals surface area contributed by atoms with Crippen LogP contribution in [0.2, 0.25) is 0 Å². The van der Waals surface area contributed by atoms with E-state index in [9.17, 15) is 0 Å². The molecule has 2 N–H and O–H groups in total. The molecule has 0 bridgehead atoms. The third-order valence-corrected chi connectivity index (χ3v) is 4.16. The zero-order valence-corrected chi connectivity index (χ0v) is 13.2.